The van der Waals surface area contributed by atoms with Crippen molar-refractivity contribution in [1.29, 1.82) is 0 Å². The summed E-state index contributed by atoms with van der Waals surface area (Å²) in [7, 11) is 0. The van der Waals surface area contributed by atoms with Crippen molar-refractivity contribution in [3.05, 3.63) is 28.8 Å². The number of hydrogen-bond acceptors (Lipinski definition) is 3. The quantitative estimate of drug-likeness (QED) is 0.712. The zero-order valence-electron chi connectivity index (χ0n) is 9.97. The van der Waals surface area contributed by atoms with Gasteiger partial charge in [-0.3, -0.25) is 9.69 Å². The molecule has 0 radical (unpaired) electrons. The maximum atomic E-state index is 12.5. The topological polar surface area (TPSA) is 26.8 Å². The van der Waals surface area contributed by atoms with E-state index in [0.29, 0.717) is 10.6 Å². The van der Waals surface area contributed by atoms with Crippen LogP contribution in [0.4, 0.5) is 5.69 Å². The van der Waals surface area contributed by atoms with E-state index in [9.17, 15) is 4.79 Å². The molecule has 18 heavy (non-hydrogen) atoms. The SMILES string of the molecule is O=C1c2c(Cl)cccc2N2CCCN3CCN1C32. The lowest BCUT2D eigenvalue weighted by Crippen LogP contribution is -2.60. The van der Waals surface area contributed by atoms with Crippen LogP contribution in [-0.4, -0.2) is 48.2 Å². The molecule has 2 fully saturated rings. The molecule has 4 rings (SSSR count). The zero-order chi connectivity index (χ0) is 12.3. The minimum Gasteiger partial charge on any atom is -0.338 e. The fourth-order valence-electron chi connectivity index (χ4n) is 3.38. The number of amides is 1. The lowest BCUT2D eigenvalue weighted by molar-refractivity contribution is 0.0550. The van der Waals surface area contributed by atoms with Crippen molar-refractivity contribution in [2.24, 2.45) is 0 Å². The minimum atomic E-state index is 0.0845. The Kier molecular flexibility index (Phi) is 2.14. The van der Waals surface area contributed by atoms with E-state index in [2.05, 4.69) is 9.80 Å². The molecule has 1 aromatic rings. The van der Waals surface area contributed by atoms with Crippen LogP contribution in [0.2, 0.25) is 5.02 Å². The van der Waals surface area contributed by atoms with Crippen molar-refractivity contribution in [1.82, 2.24) is 9.80 Å². The summed E-state index contributed by atoms with van der Waals surface area (Å²) in [6.45, 7) is 3.86. The first kappa shape index (κ1) is 10.6. The van der Waals surface area contributed by atoms with Gasteiger partial charge in [0.15, 0.2) is 6.29 Å². The smallest absolute Gasteiger partial charge is 0.260 e. The molecule has 1 aromatic carbocycles. The second-order valence-electron chi connectivity index (χ2n) is 5.06. The van der Waals surface area contributed by atoms with Crippen LogP contribution < -0.4 is 4.90 Å². The fourth-order valence-corrected chi connectivity index (χ4v) is 3.63. The summed E-state index contributed by atoms with van der Waals surface area (Å²) in [4.78, 5) is 19.2. The van der Waals surface area contributed by atoms with Gasteiger partial charge in [-0.1, -0.05) is 17.7 Å². The first-order valence-electron chi connectivity index (χ1n) is 6.37. The van der Waals surface area contributed by atoms with E-state index in [1.165, 1.54) is 0 Å². The zero-order valence-corrected chi connectivity index (χ0v) is 10.7. The lowest BCUT2D eigenvalue weighted by Gasteiger charge is -2.47. The Morgan fingerprint density at radius 2 is 2.00 bits per heavy atom. The van der Waals surface area contributed by atoms with Crippen molar-refractivity contribution in [3.63, 3.8) is 0 Å². The van der Waals surface area contributed by atoms with E-state index in [0.717, 1.165) is 38.3 Å². The molecular weight excluding hydrogens is 250 g/mol. The first-order chi connectivity index (χ1) is 8.77. The molecule has 3 aliphatic rings. The third kappa shape index (κ3) is 1.22. The second kappa shape index (κ2) is 3.62. The number of benzene rings is 1. The Hall–Kier alpha value is -1.26. The molecule has 1 amide bonds. The summed E-state index contributed by atoms with van der Waals surface area (Å²) in [5.74, 6) is 0.0845. The van der Waals surface area contributed by atoms with Crippen molar-refractivity contribution < 1.29 is 4.79 Å². The van der Waals surface area contributed by atoms with E-state index < -0.39 is 0 Å². The average molecular weight is 264 g/mol. The molecule has 4 nitrogen and oxygen atoms in total. The molecule has 0 bridgehead atoms. The van der Waals surface area contributed by atoms with Crippen LogP contribution in [0.15, 0.2) is 18.2 Å². The molecule has 0 aromatic heterocycles. The number of carbonyl (C=O) groups excluding carboxylic acids is 1. The van der Waals surface area contributed by atoms with Crippen LogP contribution in [0, 0.1) is 0 Å². The summed E-state index contributed by atoms with van der Waals surface area (Å²) in [6, 6.07) is 5.74. The Bertz CT molecular complexity index is 533. The van der Waals surface area contributed by atoms with Crippen LogP contribution in [0.3, 0.4) is 0 Å². The van der Waals surface area contributed by atoms with Gasteiger partial charge in [0.2, 0.25) is 0 Å². The summed E-state index contributed by atoms with van der Waals surface area (Å²) in [5, 5.41) is 0.569. The molecule has 3 aliphatic heterocycles. The maximum Gasteiger partial charge on any atom is 0.260 e. The van der Waals surface area contributed by atoms with E-state index >= 15 is 0 Å². The van der Waals surface area contributed by atoms with Gasteiger partial charge < -0.3 is 9.80 Å². The van der Waals surface area contributed by atoms with Gasteiger partial charge in [-0.05, 0) is 18.6 Å². The van der Waals surface area contributed by atoms with Gasteiger partial charge in [0, 0.05) is 26.2 Å². The van der Waals surface area contributed by atoms with Crippen molar-refractivity contribution in [2.45, 2.75) is 12.7 Å². The van der Waals surface area contributed by atoms with Crippen LogP contribution in [0.1, 0.15) is 16.8 Å². The van der Waals surface area contributed by atoms with Gasteiger partial charge in [-0.25, -0.2) is 0 Å². The van der Waals surface area contributed by atoms with E-state index in [4.69, 9.17) is 11.6 Å². The van der Waals surface area contributed by atoms with Gasteiger partial charge in [-0.15, -0.1) is 0 Å². The molecular formula is C13H14ClN3O. The molecule has 0 N–H and O–H groups in total. The summed E-state index contributed by atoms with van der Waals surface area (Å²) in [6.07, 6.45) is 1.27. The number of rotatable bonds is 0. The highest BCUT2D eigenvalue weighted by Crippen LogP contribution is 2.39. The fraction of sp³-hybridized carbons (Fsp3) is 0.462. The van der Waals surface area contributed by atoms with Crippen LogP contribution >= 0.6 is 11.6 Å². The molecule has 2 saturated heterocycles. The molecule has 0 spiro atoms. The van der Waals surface area contributed by atoms with E-state index in [-0.39, 0.29) is 12.2 Å². The predicted octanol–water partition coefficient (Wildman–Crippen LogP) is 1.61. The van der Waals surface area contributed by atoms with Crippen molar-refractivity contribution >= 4 is 23.2 Å². The first-order valence-corrected chi connectivity index (χ1v) is 6.75. The number of halogens is 1. The average Bonchev–Trinajstić information content (AvgIpc) is 2.81. The third-order valence-corrected chi connectivity index (χ3v) is 4.45. The largest absolute Gasteiger partial charge is 0.338 e. The molecule has 5 heteroatoms. The Balaban J connectivity index is 1.92. The summed E-state index contributed by atoms with van der Waals surface area (Å²) < 4.78 is 0. The van der Waals surface area contributed by atoms with E-state index in [1.807, 2.05) is 17.0 Å². The third-order valence-electron chi connectivity index (χ3n) is 4.13. The molecule has 3 heterocycles. The molecule has 1 atom stereocenters. The highest BCUT2D eigenvalue weighted by atomic mass is 35.5. The highest BCUT2D eigenvalue weighted by molar-refractivity contribution is 6.34. The van der Waals surface area contributed by atoms with Crippen LogP contribution in [-0.2, 0) is 0 Å². The standard InChI is InChI=1S/C13H14ClN3O/c14-9-3-1-4-10-11(9)12(18)17-8-7-15-5-2-6-16(10)13(15)17/h1,3-4,13H,2,5-8H2. The minimum absolute atomic E-state index is 0.0845. The molecule has 1 unspecified atom stereocenters. The number of fused-ring (bicyclic) bond motifs is 2. The highest BCUT2D eigenvalue weighted by Gasteiger charge is 2.46. The van der Waals surface area contributed by atoms with Gasteiger partial charge in [0.05, 0.1) is 16.3 Å². The Morgan fingerprint density at radius 1 is 1.11 bits per heavy atom. The van der Waals surface area contributed by atoms with Crippen molar-refractivity contribution in [2.75, 3.05) is 31.1 Å². The number of hydrogen-bond donors (Lipinski definition) is 0. The molecule has 0 aliphatic carbocycles. The van der Waals surface area contributed by atoms with Crippen LogP contribution in [0.5, 0.6) is 0 Å². The maximum absolute atomic E-state index is 12.5. The van der Waals surface area contributed by atoms with Crippen LogP contribution in [0.25, 0.3) is 0 Å². The monoisotopic (exact) mass is 263 g/mol. The molecule has 0 saturated carbocycles. The second-order valence-corrected chi connectivity index (χ2v) is 5.47. The summed E-state index contributed by atoms with van der Waals surface area (Å²) in [5.41, 5.74) is 1.68. The lowest BCUT2D eigenvalue weighted by atomic mass is 10.1. The van der Waals surface area contributed by atoms with Gasteiger partial charge in [-0.2, -0.15) is 0 Å². The number of nitrogens with zero attached hydrogens (tertiary/aromatic N) is 3. The predicted molar refractivity (Wildman–Crippen MR) is 69.8 cm³/mol. The number of carbonyl (C=O) groups is 1. The van der Waals surface area contributed by atoms with E-state index in [1.54, 1.807) is 6.07 Å². The summed E-state index contributed by atoms with van der Waals surface area (Å²) >= 11 is 6.22. The van der Waals surface area contributed by atoms with Gasteiger partial charge in [0.25, 0.3) is 5.91 Å². The molecule has 94 valence electrons. The Labute approximate surface area is 111 Å². The van der Waals surface area contributed by atoms with Crippen molar-refractivity contribution in [3.8, 4) is 0 Å². The van der Waals surface area contributed by atoms with Gasteiger partial charge in [0.1, 0.15) is 0 Å². The normalized spacial score (nSPS) is 26.3. The van der Waals surface area contributed by atoms with Gasteiger partial charge >= 0.3 is 0 Å². The Morgan fingerprint density at radius 3 is 2.89 bits per heavy atom. The number of anilines is 1.